The van der Waals surface area contributed by atoms with E-state index in [0.29, 0.717) is 16.6 Å². The molecule has 0 unspecified atom stereocenters. The number of aromatic nitrogens is 3. The van der Waals surface area contributed by atoms with Crippen molar-refractivity contribution in [3.8, 4) is 10.4 Å². The number of rotatable bonds is 5. The van der Waals surface area contributed by atoms with Crippen molar-refractivity contribution in [2.75, 3.05) is 25.7 Å². The Labute approximate surface area is 195 Å². The number of anilines is 2. The van der Waals surface area contributed by atoms with Crippen LogP contribution in [0, 0.1) is 13.8 Å². The molecule has 10 heteroatoms. The van der Waals surface area contributed by atoms with Crippen LogP contribution in [0.5, 0.6) is 0 Å². The molecule has 0 radical (unpaired) electrons. The number of hydrogen-bond acceptors (Lipinski definition) is 6. The summed E-state index contributed by atoms with van der Waals surface area (Å²) in [6.45, 7) is 7.41. The zero-order chi connectivity index (χ0) is 24.1. The summed E-state index contributed by atoms with van der Waals surface area (Å²) in [6.07, 6.45) is 3.52. The lowest BCUT2D eigenvalue weighted by molar-refractivity contribution is 0.0959. The SMILES string of the molecule is CNC(=O)c1cc2c(-c3sc(P(C)(C)=O)cc3Nc3c(C)ccnc3C)cn(C)c(=O)c2[nH]1. The molecular formula is C23H26N5O3PS. The molecule has 3 N–H and O–H groups in total. The van der Waals surface area contributed by atoms with Gasteiger partial charge in [-0.15, -0.1) is 11.3 Å². The second kappa shape index (κ2) is 8.32. The van der Waals surface area contributed by atoms with Gasteiger partial charge in [0.2, 0.25) is 0 Å². The van der Waals surface area contributed by atoms with E-state index >= 15 is 0 Å². The third kappa shape index (κ3) is 4.14. The first kappa shape index (κ1) is 23.0. The second-order valence-corrected chi connectivity index (χ2v) is 12.9. The number of nitrogens with zero attached hydrogens (tertiary/aromatic N) is 2. The maximum absolute atomic E-state index is 13.0. The molecule has 0 spiro atoms. The molecule has 0 saturated heterocycles. The van der Waals surface area contributed by atoms with E-state index < -0.39 is 7.14 Å². The van der Waals surface area contributed by atoms with Crippen molar-refractivity contribution < 1.29 is 9.36 Å². The first-order valence-corrected chi connectivity index (χ1v) is 13.8. The predicted octanol–water partition coefficient (Wildman–Crippen LogP) is 3.96. The zero-order valence-electron chi connectivity index (χ0n) is 19.4. The Bertz CT molecular complexity index is 1490. The summed E-state index contributed by atoms with van der Waals surface area (Å²) in [6, 6.07) is 5.53. The van der Waals surface area contributed by atoms with E-state index in [1.807, 2.05) is 26.0 Å². The summed E-state index contributed by atoms with van der Waals surface area (Å²) in [5.41, 5.74) is 4.73. The molecule has 8 nitrogen and oxygen atoms in total. The third-order valence-electron chi connectivity index (χ3n) is 5.54. The highest BCUT2D eigenvalue weighted by Gasteiger charge is 2.23. The highest BCUT2D eigenvalue weighted by molar-refractivity contribution is 7.75. The van der Waals surface area contributed by atoms with Crippen molar-refractivity contribution in [2.45, 2.75) is 13.8 Å². The molecular weight excluding hydrogens is 457 g/mol. The number of H-pyrrole nitrogens is 1. The van der Waals surface area contributed by atoms with Crippen molar-refractivity contribution in [3.63, 3.8) is 0 Å². The van der Waals surface area contributed by atoms with E-state index in [-0.39, 0.29) is 11.5 Å². The number of aryl methyl sites for hydroxylation is 3. The molecule has 0 aromatic carbocycles. The van der Waals surface area contributed by atoms with E-state index in [1.165, 1.54) is 15.9 Å². The Morgan fingerprint density at radius 3 is 2.61 bits per heavy atom. The van der Waals surface area contributed by atoms with Gasteiger partial charge < -0.3 is 24.7 Å². The van der Waals surface area contributed by atoms with Crippen LogP contribution in [0.3, 0.4) is 0 Å². The summed E-state index contributed by atoms with van der Waals surface area (Å²) >= 11 is 1.43. The van der Waals surface area contributed by atoms with Gasteiger partial charge in [0.1, 0.15) is 18.4 Å². The summed E-state index contributed by atoms with van der Waals surface area (Å²) in [4.78, 5) is 33.2. The Morgan fingerprint density at radius 1 is 1.24 bits per heavy atom. The fourth-order valence-corrected chi connectivity index (χ4v) is 6.20. The molecule has 0 aliphatic carbocycles. The first-order valence-electron chi connectivity index (χ1n) is 10.3. The molecule has 172 valence electrons. The number of pyridine rings is 2. The van der Waals surface area contributed by atoms with Gasteiger partial charge in [0.15, 0.2) is 0 Å². The van der Waals surface area contributed by atoms with Crippen LogP contribution in [0.1, 0.15) is 21.7 Å². The Kier molecular flexibility index (Phi) is 5.80. The van der Waals surface area contributed by atoms with Crippen LogP contribution in [-0.2, 0) is 11.6 Å². The fraction of sp³-hybridized carbons (Fsp3) is 0.261. The van der Waals surface area contributed by atoms with Gasteiger partial charge in [0.05, 0.1) is 26.6 Å². The van der Waals surface area contributed by atoms with Crippen molar-refractivity contribution in [3.05, 3.63) is 57.9 Å². The summed E-state index contributed by atoms with van der Waals surface area (Å²) in [5.74, 6) is -0.308. The van der Waals surface area contributed by atoms with Crippen LogP contribution in [-0.4, -0.2) is 40.8 Å². The number of thiophene rings is 1. The normalized spacial score (nSPS) is 11.7. The molecule has 0 bridgehead atoms. The molecule has 4 rings (SSSR count). The third-order valence-corrected chi connectivity index (χ3v) is 9.29. The standard InChI is InChI=1S/C23H26N5O3PS/c1-12-7-8-25-13(2)19(12)26-16-10-18(32(5,6)31)33-21(16)15-11-28(4)23(30)20-14(15)9-17(27-20)22(29)24-3/h7-11,26-27H,1-6H3,(H,24,29). The van der Waals surface area contributed by atoms with Gasteiger partial charge in [-0.2, -0.15) is 0 Å². The van der Waals surface area contributed by atoms with E-state index in [0.717, 1.165) is 37.7 Å². The Morgan fingerprint density at radius 2 is 1.97 bits per heavy atom. The average Bonchev–Trinajstić information content (AvgIpc) is 3.38. The smallest absolute Gasteiger partial charge is 0.274 e. The number of nitrogens with one attached hydrogen (secondary N) is 3. The highest BCUT2D eigenvalue weighted by atomic mass is 32.1. The topological polar surface area (TPSA) is 109 Å². The molecule has 4 aromatic heterocycles. The van der Waals surface area contributed by atoms with E-state index in [9.17, 15) is 14.2 Å². The Hall–Kier alpha value is -3.16. The first-order chi connectivity index (χ1) is 15.5. The fourth-order valence-electron chi connectivity index (χ4n) is 3.73. The molecule has 0 aliphatic rings. The number of hydrogen-bond donors (Lipinski definition) is 3. The number of carbonyl (C=O) groups is 1. The molecule has 0 aliphatic heterocycles. The summed E-state index contributed by atoms with van der Waals surface area (Å²) in [7, 11) is 0.667. The minimum absolute atomic E-state index is 0.231. The minimum atomic E-state index is -2.55. The van der Waals surface area contributed by atoms with Crippen molar-refractivity contribution in [2.24, 2.45) is 7.05 Å². The minimum Gasteiger partial charge on any atom is -0.354 e. The number of fused-ring (bicyclic) bond motifs is 1. The maximum atomic E-state index is 13.0. The molecule has 0 saturated carbocycles. The molecule has 4 heterocycles. The second-order valence-electron chi connectivity index (χ2n) is 8.40. The van der Waals surface area contributed by atoms with Crippen LogP contribution >= 0.6 is 18.5 Å². The predicted molar refractivity (Wildman–Crippen MR) is 136 cm³/mol. The molecule has 0 atom stereocenters. The van der Waals surface area contributed by atoms with E-state index in [1.54, 1.807) is 45.9 Å². The lowest BCUT2D eigenvalue weighted by Crippen LogP contribution is -2.19. The van der Waals surface area contributed by atoms with Crippen molar-refractivity contribution in [1.29, 1.82) is 0 Å². The maximum Gasteiger partial charge on any atom is 0.274 e. The van der Waals surface area contributed by atoms with Crippen LogP contribution in [0.4, 0.5) is 11.4 Å². The monoisotopic (exact) mass is 483 g/mol. The zero-order valence-corrected chi connectivity index (χ0v) is 21.1. The lowest BCUT2D eigenvalue weighted by Gasteiger charge is -2.13. The van der Waals surface area contributed by atoms with Crippen LogP contribution in [0.25, 0.3) is 21.3 Å². The van der Waals surface area contributed by atoms with Gasteiger partial charge in [-0.25, -0.2) is 0 Å². The quantitative estimate of drug-likeness (QED) is 0.373. The van der Waals surface area contributed by atoms with Crippen molar-refractivity contribution in [1.82, 2.24) is 19.9 Å². The van der Waals surface area contributed by atoms with E-state index in [4.69, 9.17) is 0 Å². The van der Waals surface area contributed by atoms with Crippen LogP contribution < -0.4 is 20.8 Å². The molecule has 1 amide bonds. The van der Waals surface area contributed by atoms with Crippen LogP contribution in [0.2, 0.25) is 0 Å². The molecule has 33 heavy (non-hydrogen) atoms. The molecule has 4 aromatic rings. The molecule has 0 fully saturated rings. The average molecular weight is 484 g/mol. The Balaban J connectivity index is 2.00. The summed E-state index contributed by atoms with van der Waals surface area (Å²) in [5, 5.41) is 6.71. The number of amides is 1. The lowest BCUT2D eigenvalue weighted by atomic mass is 10.1. The largest absolute Gasteiger partial charge is 0.354 e. The van der Waals surface area contributed by atoms with Gasteiger partial charge in [-0.05, 0) is 50.9 Å². The number of aromatic amines is 1. The highest BCUT2D eigenvalue weighted by Crippen LogP contribution is 2.46. The number of carbonyl (C=O) groups excluding carboxylic acids is 1. The van der Waals surface area contributed by atoms with Crippen LogP contribution in [0.15, 0.2) is 35.4 Å². The summed E-state index contributed by atoms with van der Waals surface area (Å²) < 4.78 is 15.2. The van der Waals surface area contributed by atoms with Gasteiger partial charge >= 0.3 is 0 Å². The van der Waals surface area contributed by atoms with E-state index in [2.05, 4.69) is 20.6 Å². The van der Waals surface area contributed by atoms with Gasteiger partial charge in [-0.3, -0.25) is 14.6 Å². The van der Waals surface area contributed by atoms with Gasteiger partial charge in [0.25, 0.3) is 11.5 Å². The van der Waals surface area contributed by atoms with Gasteiger partial charge in [-0.1, -0.05) is 0 Å². The van der Waals surface area contributed by atoms with Gasteiger partial charge in [0, 0.05) is 37.4 Å². The van der Waals surface area contributed by atoms with Crippen molar-refractivity contribution >= 4 is 51.3 Å².